The summed E-state index contributed by atoms with van der Waals surface area (Å²) in [5.74, 6) is 0.187. The van der Waals surface area contributed by atoms with Gasteiger partial charge in [0, 0.05) is 5.02 Å². The van der Waals surface area contributed by atoms with Crippen molar-refractivity contribution in [2.24, 2.45) is 23.2 Å². The van der Waals surface area contributed by atoms with E-state index in [0.29, 0.717) is 16.9 Å². The molecule has 3 unspecified atom stereocenters. The second-order valence-corrected chi connectivity index (χ2v) is 13.9. The molecule has 0 amide bonds. The Morgan fingerprint density at radius 2 is 1.74 bits per heavy atom. The van der Waals surface area contributed by atoms with E-state index in [9.17, 15) is 9.00 Å². The fraction of sp³-hybridized carbons (Fsp3) is 0.720. The minimum absolute atomic E-state index is 0.0333. The largest absolute Gasteiger partial charge is 0.469 e. The summed E-state index contributed by atoms with van der Waals surface area (Å²) in [5.41, 5.74) is 1.34. The fourth-order valence-corrected chi connectivity index (χ4v) is 5.85. The van der Waals surface area contributed by atoms with Gasteiger partial charge in [0.05, 0.1) is 34.3 Å². The van der Waals surface area contributed by atoms with Crippen molar-refractivity contribution >= 4 is 28.6 Å². The standard InChI is InChI=1S/C25H40ClNO3S/c1-15(2)21(22(28)30-10)25(9,27-31(29)24(6,7)8)16-11-12-17(20(26)13-16)18-14-19(18)23(3,4)5/h11-13,15,18-19,21,27H,14H2,1-10H3/t18-,19?,21?,25-,31?/m0/s1. The molecule has 176 valence electrons. The smallest absolute Gasteiger partial charge is 0.311 e. The van der Waals surface area contributed by atoms with Crippen LogP contribution < -0.4 is 4.72 Å². The van der Waals surface area contributed by atoms with Crippen LogP contribution in [0.1, 0.15) is 85.8 Å². The number of nitrogens with one attached hydrogen (secondary N) is 1. The Labute approximate surface area is 196 Å². The Balaban J connectivity index is 2.53. The maximum Gasteiger partial charge on any atom is 0.311 e. The molecule has 1 aromatic carbocycles. The molecule has 5 atom stereocenters. The molecule has 1 saturated carbocycles. The molecule has 1 aromatic rings. The van der Waals surface area contributed by atoms with Crippen LogP contribution in [0.3, 0.4) is 0 Å². The van der Waals surface area contributed by atoms with Gasteiger partial charge in [-0.05, 0) is 74.5 Å². The van der Waals surface area contributed by atoms with Gasteiger partial charge >= 0.3 is 5.97 Å². The maximum absolute atomic E-state index is 13.1. The lowest BCUT2D eigenvalue weighted by Gasteiger charge is -2.40. The summed E-state index contributed by atoms with van der Waals surface area (Å²) in [7, 11) is 0.00783. The molecule has 0 saturated heterocycles. The molecule has 0 bridgehead atoms. The minimum Gasteiger partial charge on any atom is -0.469 e. The molecule has 0 spiro atoms. The van der Waals surface area contributed by atoms with Crippen LogP contribution in [-0.2, 0) is 26.1 Å². The van der Waals surface area contributed by atoms with Gasteiger partial charge in [-0.25, -0.2) is 8.93 Å². The number of esters is 1. The molecule has 0 radical (unpaired) electrons. The third-order valence-electron chi connectivity index (χ3n) is 6.51. The first-order valence-corrected chi connectivity index (χ1v) is 12.6. The number of benzene rings is 1. The highest BCUT2D eigenvalue weighted by molar-refractivity contribution is 7.84. The third-order valence-corrected chi connectivity index (χ3v) is 8.56. The molecule has 1 fully saturated rings. The number of halogens is 1. The van der Waals surface area contributed by atoms with E-state index in [1.54, 1.807) is 0 Å². The van der Waals surface area contributed by atoms with Gasteiger partial charge in [-0.1, -0.05) is 58.4 Å². The molecule has 2 rings (SSSR count). The number of methoxy groups -OCH3 is 1. The summed E-state index contributed by atoms with van der Waals surface area (Å²) < 4.78 is 21.1. The topological polar surface area (TPSA) is 55.4 Å². The number of carbonyl (C=O) groups excluding carboxylic acids is 1. The Morgan fingerprint density at radius 1 is 1.16 bits per heavy atom. The summed E-state index contributed by atoms with van der Waals surface area (Å²) in [4.78, 5) is 12.8. The average molecular weight is 470 g/mol. The normalized spacial score (nSPS) is 23.2. The van der Waals surface area contributed by atoms with Crippen LogP contribution in [0.2, 0.25) is 5.02 Å². The Bertz CT molecular complexity index is 840. The Kier molecular flexibility index (Phi) is 7.77. The zero-order valence-corrected chi connectivity index (χ0v) is 22.3. The van der Waals surface area contributed by atoms with Gasteiger partial charge < -0.3 is 4.74 Å². The van der Waals surface area contributed by atoms with Crippen molar-refractivity contribution in [2.45, 2.75) is 84.9 Å². The van der Waals surface area contributed by atoms with E-state index in [1.807, 2.05) is 53.7 Å². The predicted octanol–water partition coefficient (Wildman–Crippen LogP) is 6.20. The van der Waals surface area contributed by atoms with Crippen LogP contribution in [0.25, 0.3) is 0 Å². The van der Waals surface area contributed by atoms with Gasteiger partial charge in [0.1, 0.15) is 0 Å². The number of hydrogen-bond donors (Lipinski definition) is 1. The Hall–Kier alpha value is -0.910. The highest BCUT2D eigenvalue weighted by atomic mass is 35.5. The van der Waals surface area contributed by atoms with Crippen molar-refractivity contribution in [3.8, 4) is 0 Å². The number of ether oxygens (including phenoxy) is 1. The van der Waals surface area contributed by atoms with E-state index < -0.39 is 27.2 Å². The molecule has 31 heavy (non-hydrogen) atoms. The number of hydrogen-bond acceptors (Lipinski definition) is 3. The molecule has 1 N–H and O–H groups in total. The van der Waals surface area contributed by atoms with E-state index >= 15 is 0 Å². The van der Waals surface area contributed by atoms with E-state index in [0.717, 1.165) is 17.5 Å². The summed E-state index contributed by atoms with van der Waals surface area (Å²) >= 11 is 6.79. The molecule has 1 aliphatic rings. The summed E-state index contributed by atoms with van der Waals surface area (Å²) in [6.45, 7) is 18.4. The third kappa shape index (κ3) is 5.72. The highest BCUT2D eigenvalue weighted by Crippen LogP contribution is 2.58. The van der Waals surface area contributed by atoms with Crippen LogP contribution in [0, 0.1) is 23.2 Å². The first-order chi connectivity index (χ1) is 14.0. The summed E-state index contributed by atoms with van der Waals surface area (Å²) in [6.07, 6.45) is 1.14. The van der Waals surface area contributed by atoms with Crippen molar-refractivity contribution in [3.05, 3.63) is 34.3 Å². The molecule has 4 nitrogen and oxygen atoms in total. The van der Waals surface area contributed by atoms with Gasteiger partial charge in [-0.2, -0.15) is 0 Å². The Morgan fingerprint density at radius 3 is 2.13 bits per heavy atom. The zero-order chi connectivity index (χ0) is 23.9. The monoisotopic (exact) mass is 469 g/mol. The lowest BCUT2D eigenvalue weighted by Crippen LogP contribution is -2.54. The highest BCUT2D eigenvalue weighted by Gasteiger charge is 2.48. The van der Waals surface area contributed by atoms with Gasteiger partial charge in [0.25, 0.3) is 0 Å². The van der Waals surface area contributed by atoms with Crippen molar-refractivity contribution in [3.63, 3.8) is 0 Å². The average Bonchev–Trinajstić information content (AvgIpc) is 3.41. The van der Waals surface area contributed by atoms with E-state index in [-0.39, 0.29) is 17.3 Å². The lowest BCUT2D eigenvalue weighted by molar-refractivity contribution is -0.150. The lowest BCUT2D eigenvalue weighted by atomic mass is 9.74. The van der Waals surface area contributed by atoms with Crippen LogP contribution in [-0.4, -0.2) is 22.0 Å². The van der Waals surface area contributed by atoms with Crippen molar-refractivity contribution in [1.82, 2.24) is 4.72 Å². The SMILES string of the molecule is COC(=O)C(C(C)C)[C@@](C)(NS(=O)C(C)(C)C)c1ccc([C@@H]2CC2C(C)(C)C)c(Cl)c1. The first-order valence-electron chi connectivity index (χ1n) is 11.1. The summed E-state index contributed by atoms with van der Waals surface area (Å²) in [5, 5.41) is 0.705. The number of carbonyl (C=O) groups is 1. The maximum atomic E-state index is 13.1. The van der Waals surface area contributed by atoms with Crippen LogP contribution in [0.5, 0.6) is 0 Å². The van der Waals surface area contributed by atoms with Gasteiger partial charge in [0.15, 0.2) is 0 Å². The van der Waals surface area contributed by atoms with Crippen LogP contribution in [0.15, 0.2) is 18.2 Å². The second-order valence-electron chi connectivity index (χ2n) is 11.5. The predicted molar refractivity (Wildman–Crippen MR) is 130 cm³/mol. The molecular weight excluding hydrogens is 430 g/mol. The molecule has 0 aliphatic heterocycles. The van der Waals surface area contributed by atoms with Crippen molar-refractivity contribution in [1.29, 1.82) is 0 Å². The van der Waals surface area contributed by atoms with E-state index in [4.69, 9.17) is 16.3 Å². The van der Waals surface area contributed by atoms with E-state index in [1.165, 1.54) is 7.11 Å². The second kappa shape index (κ2) is 9.15. The fourth-order valence-electron chi connectivity index (χ4n) is 4.60. The number of rotatable bonds is 7. The van der Waals surface area contributed by atoms with Crippen LogP contribution >= 0.6 is 11.6 Å². The van der Waals surface area contributed by atoms with Gasteiger partial charge in [-0.3, -0.25) is 4.79 Å². The van der Waals surface area contributed by atoms with Crippen LogP contribution in [0.4, 0.5) is 0 Å². The van der Waals surface area contributed by atoms with Crippen molar-refractivity contribution < 1.29 is 13.7 Å². The molecular formula is C25H40ClNO3S. The minimum atomic E-state index is -1.39. The molecule has 1 aliphatic carbocycles. The van der Waals surface area contributed by atoms with E-state index in [2.05, 4.69) is 31.6 Å². The molecule has 6 heteroatoms. The van der Waals surface area contributed by atoms with Crippen molar-refractivity contribution in [2.75, 3.05) is 7.11 Å². The first kappa shape index (κ1) is 26.3. The molecule has 0 heterocycles. The van der Waals surface area contributed by atoms with Gasteiger partial charge in [-0.15, -0.1) is 0 Å². The zero-order valence-electron chi connectivity index (χ0n) is 20.8. The quantitative estimate of drug-likeness (QED) is 0.483. The summed E-state index contributed by atoms with van der Waals surface area (Å²) in [6, 6.07) is 6.06. The molecule has 0 aromatic heterocycles. The van der Waals surface area contributed by atoms with Gasteiger partial charge in [0.2, 0.25) is 0 Å².